The number of benzene rings is 1. The van der Waals surface area contributed by atoms with Crippen molar-refractivity contribution in [1.82, 2.24) is 0 Å². The van der Waals surface area contributed by atoms with Gasteiger partial charge in [-0.25, -0.2) is 0 Å². The summed E-state index contributed by atoms with van der Waals surface area (Å²) < 4.78 is 0. The smallest absolute Gasteiger partial charge is 0.303 e. The molecule has 2 N–H and O–H groups in total. The van der Waals surface area contributed by atoms with Crippen molar-refractivity contribution >= 4 is 5.97 Å². The number of hydrogen-bond acceptors (Lipinski definition) is 2. The molecule has 2 bridgehead atoms. The Labute approximate surface area is 157 Å². The minimum absolute atomic E-state index is 0.302. The molecule has 1 aromatic rings. The lowest BCUT2D eigenvalue weighted by Gasteiger charge is -2.29. The fourth-order valence-corrected chi connectivity index (χ4v) is 5.19. The van der Waals surface area contributed by atoms with E-state index in [4.69, 9.17) is 5.11 Å². The molecule has 2 fully saturated rings. The predicted molar refractivity (Wildman–Crippen MR) is 104 cm³/mol. The molecule has 0 heterocycles. The predicted octanol–water partition coefficient (Wildman–Crippen LogP) is 5.36. The average Bonchev–Trinajstić information content (AvgIpc) is 3.24. The molecule has 3 rings (SSSR count). The van der Waals surface area contributed by atoms with Gasteiger partial charge in [0.05, 0.1) is 6.10 Å². The quantitative estimate of drug-likeness (QED) is 0.438. The van der Waals surface area contributed by atoms with E-state index in [1.54, 1.807) is 0 Å². The highest BCUT2D eigenvalue weighted by Gasteiger charge is 2.45. The molecule has 26 heavy (non-hydrogen) atoms. The zero-order valence-corrected chi connectivity index (χ0v) is 15.6. The molecule has 2 aliphatic carbocycles. The topological polar surface area (TPSA) is 57.5 Å². The Hall–Kier alpha value is -1.61. The second kappa shape index (κ2) is 9.36. The highest BCUT2D eigenvalue weighted by molar-refractivity contribution is 5.66. The van der Waals surface area contributed by atoms with Gasteiger partial charge >= 0.3 is 5.97 Å². The zero-order valence-electron chi connectivity index (χ0n) is 15.6. The van der Waals surface area contributed by atoms with Crippen molar-refractivity contribution in [2.75, 3.05) is 0 Å². The first-order valence-corrected chi connectivity index (χ1v) is 10.3. The summed E-state index contributed by atoms with van der Waals surface area (Å²) in [5, 5.41) is 19.1. The number of rotatable bonds is 10. The van der Waals surface area contributed by atoms with E-state index in [1.807, 2.05) is 36.4 Å². The van der Waals surface area contributed by atoms with Gasteiger partial charge < -0.3 is 10.2 Å². The largest absolute Gasteiger partial charge is 0.481 e. The Morgan fingerprint density at radius 3 is 2.58 bits per heavy atom. The highest BCUT2D eigenvalue weighted by atomic mass is 16.4. The lowest BCUT2D eigenvalue weighted by molar-refractivity contribution is -0.137. The number of unbranched alkanes of at least 4 members (excludes halogenated alkanes) is 3. The van der Waals surface area contributed by atoms with E-state index in [0.717, 1.165) is 42.6 Å². The number of carboxylic acid groups (broad SMARTS) is 1. The Morgan fingerprint density at radius 1 is 1.08 bits per heavy atom. The first kappa shape index (κ1) is 19.2. The van der Waals surface area contributed by atoms with Gasteiger partial charge in [-0.15, -0.1) is 0 Å². The van der Waals surface area contributed by atoms with Crippen LogP contribution in [0.2, 0.25) is 0 Å². The van der Waals surface area contributed by atoms with Crippen LogP contribution >= 0.6 is 0 Å². The molecule has 0 saturated heterocycles. The summed E-state index contributed by atoms with van der Waals surface area (Å²) in [6.07, 6.45) is 13.6. The fourth-order valence-electron chi connectivity index (χ4n) is 5.19. The number of aliphatic hydroxyl groups is 1. The lowest BCUT2D eigenvalue weighted by atomic mass is 9.76. The number of carbonyl (C=O) groups is 1. The number of aliphatic carboxylic acids is 1. The second-order valence-electron chi connectivity index (χ2n) is 8.16. The van der Waals surface area contributed by atoms with Crippen LogP contribution in [-0.4, -0.2) is 16.2 Å². The molecule has 5 atom stereocenters. The molecule has 0 radical (unpaired) electrons. The molecular weight excluding hydrogens is 324 g/mol. The summed E-state index contributed by atoms with van der Waals surface area (Å²) >= 11 is 0. The van der Waals surface area contributed by atoms with Crippen LogP contribution in [0.15, 0.2) is 42.5 Å². The summed E-state index contributed by atoms with van der Waals surface area (Å²) in [6.45, 7) is 0. The van der Waals surface area contributed by atoms with E-state index < -0.39 is 12.1 Å². The first-order chi connectivity index (χ1) is 12.6. The van der Waals surface area contributed by atoms with Crippen molar-refractivity contribution in [3.05, 3.63) is 48.0 Å². The van der Waals surface area contributed by atoms with E-state index in [-0.39, 0.29) is 0 Å². The number of hydrogen-bond donors (Lipinski definition) is 2. The first-order valence-electron chi connectivity index (χ1n) is 10.3. The molecule has 0 spiro atoms. The van der Waals surface area contributed by atoms with E-state index >= 15 is 0 Å². The van der Waals surface area contributed by atoms with Crippen LogP contribution in [-0.2, 0) is 4.79 Å². The Balaban J connectivity index is 1.49. The second-order valence-corrected chi connectivity index (χ2v) is 8.16. The van der Waals surface area contributed by atoms with Gasteiger partial charge in [-0.1, -0.05) is 61.7 Å². The van der Waals surface area contributed by atoms with Crippen molar-refractivity contribution in [2.45, 2.75) is 63.9 Å². The monoisotopic (exact) mass is 356 g/mol. The van der Waals surface area contributed by atoms with E-state index in [0.29, 0.717) is 12.3 Å². The van der Waals surface area contributed by atoms with Crippen LogP contribution in [0.3, 0.4) is 0 Å². The number of allylic oxidation sites excluding steroid dienone is 1. The number of carboxylic acids is 1. The third kappa shape index (κ3) is 4.97. The summed E-state index contributed by atoms with van der Waals surface area (Å²) in [5.41, 5.74) is 0.960. The fraction of sp³-hybridized carbons (Fsp3) is 0.609. The molecule has 2 saturated carbocycles. The summed E-state index contributed by atoms with van der Waals surface area (Å²) in [6, 6.07) is 9.87. The van der Waals surface area contributed by atoms with Gasteiger partial charge in [0, 0.05) is 6.42 Å². The van der Waals surface area contributed by atoms with E-state index in [2.05, 4.69) is 6.08 Å². The molecule has 0 amide bonds. The zero-order chi connectivity index (χ0) is 18.4. The molecular formula is C23H32O3. The maximum absolute atomic E-state index is 10.6. The SMILES string of the molecule is O=C(O)CCCCCCC1C2CCC(C2)C1C=CC(O)c1ccccc1. The normalized spacial score (nSPS) is 28.7. The molecule has 142 valence electrons. The maximum atomic E-state index is 10.6. The van der Waals surface area contributed by atoms with Crippen molar-refractivity contribution < 1.29 is 15.0 Å². The van der Waals surface area contributed by atoms with Gasteiger partial charge in [0.25, 0.3) is 0 Å². The molecule has 3 nitrogen and oxygen atoms in total. The van der Waals surface area contributed by atoms with Crippen LogP contribution < -0.4 is 0 Å². The van der Waals surface area contributed by atoms with Gasteiger partial charge in [-0.3, -0.25) is 4.79 Å². The van der Waals surface area contributed by atoms with E-state index in [9.17, 15) is 9.90 Å². The van der Waals surface area contributed by atoms with Crippen LogP contribution in [0.1, 0.15) is 69.5 Å². The third-order valence-electron chi connectivity index (χ3n) is 6.49. The summed E-state index contributed by atoms with van der Waals surface area (Å²) in [7, 11) is 0. The molecule has 5 unspecified atom stereocenters. The standard InChI is InChI=1S/C23H32O3/c24-22(17-8-4-3-5-9-17)15-14-21-19-13-12-18(16-19)20(21)10-6-1-2-7-11-23(25)26/h3-5,8-9,14-15,18-22,24H,1-2,6-7,10-13,16H2,(H,25,26). The van der Waals surface area contributed by atoms with Gasteiger partial charge in [0.2, 0.25) is 0 Å². The molecule has 0 aromatic heterocycles. The van der Waals surface area contributed by atoms with Crippen molar-refractivity contribution in [3.8, 4) is 0 Å². The van der Waals surface area contributed by atoms with Gasteiger partial charge in [-0.2, -0.15) is 0 Å². The van der Waals surface area contributed by atoms with Crippen LogP contribution in [0, 0.1) is 23.7 Å². The molecule has 0 aliphatic heterocycles. The average molecular weight is 357 g/mol. The van der Waals surface area contributed by atoms with Gasteiger partial charge in [0.1, 0.15) is 0 Å². The summed E-state index contributed by atoms with van der Waals surface area (Å²) in [4.78, 5) is 10.6. The summed E-state index contributed by atoms with van der Waals surface area (Å²) in [5.74, 6) is 2.36. The van der Waals surface area contributed by atoms with Crippen LogP contribution in [0.25, 0.3) is 0 Å². The van der Waals surface area contributed by atoms with Crippen molar-refractivity contribution in [3.63, 3.8) is 0 Å². The molecule has 2 aliphatic rings. The Kier molecular flexibility index (Phi) is 6.90. The molecule has 3 heteroatoms. The minimum Gasteiger partial charge on any atom is -0.481 e. The van der Waals surface area contributed by atoms with Gasteiger partial charge in [0.15, 0.2) is 0 Å². The lowest BCUT2D eigenvalue weighted by Crippen LogP contribution is -2.21. The van der Waals surface area contributed by atoms with Gasteiger partial charge in [-0.05, 0) is 61.3 Å². The third-order valence-corrected chi connectivity index (χ3v) is 6.49. The highest BCUT2D eigenvalue weighted by Crippen LogP contribution is 2.54. The van der Waals surface area contributed by atoms with Crippen LogP contribution in [0.5, 0.6) is 0 Å². The Bertz CT molecular complexity index is 595. The van der Waals surface area contributed by atoms with Crippen LogP contribution in [0.4, 0.5) is 0 Å². The van der Waals surface area contributed by atoms with Crippen molar-refractivity contribution in [2.24, 2.45) is 23.7 Å². The number of fused-ring (bicyclic) bond motifs is 2. The van der Waals surface area contributed by atoms with E-state index in [1.165, 1.54) is 32.1 Å². The van der Waals surface area contributed by atoms with Crippen molar-refractivity contribution in [1.29, 1.82) is 0 Å². The molecule has 1 aromatic carbocycles. The number of aliphatic hydroxyl groups excluding tert-OH is 1. The maximum Gasteiger partial charge on any atom is 0.303 e. The minimum atomic E-state index is -0.680. The Morgan fingerprint density at radius 2 is 1.81 bits per heavy atom.